The monoisotopic (exact) mass is 588 g/mol. The molecule has 0 unspecified atom stereocenters. The summed E-state index contributed by atoms with van der Waals surface area (Å²) in [6.45, 7) is 13.2. The molecule has 4 heterocycles. The number of pyridine rings is 1. The van der Waals surface area contributed by atoms with Gasteiger partial charge in [-0.3, -0.25) is 14.7 Å². The number of amides is 1. The molecule has 1 aliphatic carbocycles. The molecular weight excluding hydrogens is 547 g/mol. The van der Waals surface area contributed by atoms with Crippen molar-refractivity contribution in [2.45, 2.75) is 72.1 Å². The van der Waals surface area contributed by atoms with Crippen LogP contribution in [0.1, 0.15) is 68.6 Å². The number of hydrogen-bond donors (Lipinski definition) is 0. The van der Waals surface area contributed by atoms with E-state index in [0.29, 0.717) is 18.1 Å². The Bertz CT molecular complexity index is 1470. The van der Waals surface area contributed by atoms with Gasteiger partial charge >= 0.3 is 0 Å². The summed E-state index contributed by atoms with van der Waals surface area (Å²) in [5, 5.41) is 0. The molecule has 228 valence electrons. The molecule has 1 amide bonds. The summed E-state index contributed by atoms with van der Waals surface area (Å²) >= 11 is 0. The Labute approximate surface area is 253 Å². The van der Waals surface area contributed by atoms with E-state index in [1.54, 1.807) is 11.1 Å². The molecular formula is C33H41FN6O3. The lowest BCUT2D eigenvalue weighted by molar-refractivity contribution is -0.0352. The van der Waals surface area contributed by atoms with Crippen LogP contribution in [0.4, 0.5) is 10.2 Å². The smallest absolute Gasteiger partial charge is 0.257 e. The fraction of sp³-hybridized carbons (Fsp3) is 0.515. The predicted octanol–water partition coefficient (Wildman–Crippen LogP) is 5.49. The summed E-state index contributed by atoms with van der Waals surface area (Å²) in [4.78, 5) is 33.0. The zero-order valence-electron chi connectivity index (χ0n) is 25.6. The predicted molar refractivity (Wildman–Crippen MR) is 162 cm³/mol. The minimum atomic E-state index is -0.489. The first-order valence-corrected chi connectivity index (χ1v) is 15.5. The van der Waals surface area contributed by atoms with Crippen LogP contribution in [0, 0.1) is 11.2 Å². The molecule has 43 heavy (non-hydrogen) atoms. The van der Waals surface area contributed by atoms with Crippen LogP contribution in [-0.4, -0.2) is 75.5 Å². The first-order valence-electron chi connectivity index (χ1n) is 15.5. The second-order valence-electron chi connectivity index (χ2n) is 12.4. The molecule has 3 aliphatic rings. The van der Waals surface area contributed by atoms with Gasteiger partial charge in [-0.05, 0) is 70.8 Å². The normalized spacial score (nSPS) is 17.8. The maximum atomic E-state index is 14.2. The molecule has 1 aromatic carbocycles. The van der Waals surface area contributed by atoms with Gasteiger partial charge in [-0.1, -0.05) is 6.92 Å². The Balaban J connectivity index is 1.11. The number of ether oxygens (including phenoxy) is 2. The molecule has 0 bridgehead atoms. The Hall–Kier alpha value is -3.79. The second-order valence-corrected chi connectivity index (χ2v) is 12.4. The summed E-state index contributed by atoms with van der Waals surface area (Å²) in [5.74, 6) is 1.62. The van der Waals surface area contributed by atoms with Gasteiger partial charge in [-0.2, -0.15) is 0 Å². The molecule has 1 saturated carbocycles. The molecule has 3 aromatic rings. The van der Waals surface area contributed by atoms with Crippen molar-refractivity contribution in [1.82, 2.24) is 24.8 Å². The van der Waals surface area contributed by atoms with Crippen molar-refractivity contribution in [2.75, 3.05) is 37.6 Å². The maximum Gasteiger partial charge on any atom is 0.257 e. The molecule has 2 aliphatic heterocycles. The van der Waals surface area contributed by atoms with E-state index in [1.165, 1.54) is 35.8 Å². The van der Waals surface area contributed by atoms with Crippen LogP contribution in [0.3, 0.4) is 0 Å². The molecule has 1 spiro atoms. The van der Waals surface area contributed by atoms with Crippen LogP contribution in [0.15, 0.2) is 43.0 Å². The van der Waals surface area contributed by atoms with E-state index in [0.717, 1.165) is 64.2 Å². The Morgan fingerprint density at radius 1 is 1.14 bits per heavy atom. The molecule has 0 radical (unpaired) electrons. The third-order valence-electron chi connectivity index (χ3n) is 8.93. The molecule has 10 heteroatoms. The molecule has 0 atom stereocenters. The van der Waals surface area contributed by atoms with Gasteiger partial charge in [0.15, 0.2) is 11.6 Å². The van der Waals surface area contributed by atoms with Crippen molar-refractivity contribution in [3.8, 4) is 17.2 Å². The summed E-state index contributed by atoms with van der Waals surface area (Å²) < 4.78 is 27.0. The number of aromatic nitrogens is 3. The van der Waals surface area contributed by atoms with Gasteiger partial charge in [0.25, 0.3) is 5.91 Å². The summed E-state index contributed by atoms with van der Waals surface area (Å²) in [6.07, 6.45) is 9.26. The van der Waals surface area contributed by atoms with E-state index in [4.69, 9.17) is 9.47 Å². The Kier molecular flexibility index (Phi) is 8.22. The summed E-state index contributed by atoms with van der Waals surface area (Å²) in [5.41, 5.74) is 2.78. The number of hydrogen-bond acceptors (Lipinski definition) is 8. The Morgan fingerprint density at radius 2 is 1.95 bits per heavy atom. The van der Waals surface area contributed by atoms with Gasteiger partial charge in [-0.15, -0.1) is 0 Å². The molecule has 0 N–H and O–H groups in total. The van der Waals surface area contributed by atoms with E-state index in [-0.39, 0.29) is 34.8 Å². The SMILES string of the molecule is CCCN1CCc2nccc(OC3CC4(C3)CN(c3ncncc3Oc3ccc(F)cc3C(=O)N(CC)C(C)C)C4)c2C1. The topological polar surface area (TPSA) is 83.9 Å². The van der Waals surface area contributed by atoms with Crippen molar-refractivity contribution < 1.29 is 18.7 Å². The van der Waals surface area contributed by atoms with Gasteiger partial charge in [0.1, 0.15) is 29.7 Å². The van der Waals surface area contributed by atoms with Crippen molar-refractivity contribution >= 4 is 11.7 Å². The fourth-order valence-corrected chi connectivity index (χ4v) is 6.82. The highest BCUT2D eigenvalue weighted by molar-refractivity contribution is 5.97. The lowest BCUT2D eigenvalue weighted by Gasteiger charge is -2.59. The number of fused-ring (bicyclic) bond motifs is 1. The average molecular weight is 589 g/mol. The highest BCUT2D eigenvalue weighted by Gasteiger charge is 2.54. The maximum absolute atomic E-state index is 14.2. The molecule has 1 saturated heterocycles. The number of rotatable bonds is 10. The van der Waals surface area contributed by atoms with Gasteiger partial charge in [0, 0.05) is 68.1 Å². The third-order valence-corrected chi connectivity index (χ3v) is 8.93. The van der Waals surface area contributed by atoms with Gasteiger partial charge in [-0.25, -0.2) is 14.4 Å². The largest absolute Gasteiger partial charge is 0.490 e. The highest BCUT2D eigenvalue weighted by Crippen LogP contribution is 2.52. The van der Waals surface area contributed by atoms with Crippen LogP contribution in [-0.2, 0) is 13.0 Å². The number of anilines is 1. The van der Waals surface area contributed by atoms with Crippen LogP contribution < -0.4 is 14.4 Å². The first kappa shape index (κ1) is 29.3. The zero-order chi connectivity index (χ0) is 30.1. The molecule has 9 nitrogen and oxygen atoms in total. The minimum Gasteiger partial charge on any atom is -0.490 e. The number of benzene rings is 1. The van der Waals surface area contributed by atoms with Crippen LogP contribution >= 0.6 is 0 Å². The molecule has 2 aromatic heterocycles. The number of nitrogens with zero attached hydrogens (tertiary/aromatic N) is 6. The van der Waals surface area contributed by atoms with Gasteiger partial charge < -0.3 is 19.3 Å². The van der Waals surface area contributed by atoms with Crippen molar-refractivity contribution in [3.63, 3.8) is 0 Å². The summed E-state index contributed by atoms with van der Waals surface area (Å²) in [7, 11) is 0. The second kappa shape index (κ2) is 12.1. The van der Waals surface area contributed by atoms with Crippen molar-refractivity contribution in [2.24, 2.45) is 5.41 Å². The fourth-order valence-electron chi connectivity index (χ4n) is 6.82. The average Bonchev–Trinajstić information content (AvgIpc) is 2.95. The number of carbonyl (C=O) groups is 1. The van der Waals surface area contributed by atoms with Crippen LogP contribution in [0.25, 0.3) is 0 Å². The quantitative estimate of drug-likeness (QED) is 0.308. The lowest BCUT2D eigenvalue weighted by atomic mass is 9.61. The van der Waals surface area contributed by atoms with Crippen molar-refractivity contribution in [3.05, 3.63) is 65.6 Å². The molecule has 2 fully saturated rings. The van der Waals surface area contributed by atoms with E-state index in [1.807, 2.05) is 33.0 Å². The molecule has 6 rings (SSSR count). The number of halogens is 1. The van der Waals surface area contributed by atoms with Crippen LogP contribution in [0.2, 0.25) is 0 Å². The third kappa shape index (κ3) is 5.89. The standard InChI is InChI=1S/C33H41FN6O3/c1-5-12-38-13-10-27-26(18-38)29(9-11-36-27)42-24-15-33(16-24)19-39(20-33)31-30(17-35-21-37-31)43-28-8-7-23(34)14-25(28)32(41)40(6-2)22(3)4/h7-9,11,14,17,21-22,24H,5-6,10,12-13,15-16,18-20H2,1-4H3. The van der Waals surface area contributed by atoms with E-state index in [2.05, 4.69) is 31.7 Å². The zero-order valence-corrected chi connectivity index (χ0v) is 25.6. The number of carbonyl (C=O) groups excluding carboxylic acids is 1. The van der Waals surface area contributed by atoms with Crippen molar-refractivity contribution in [1.29, 1.82) is 0 Å². The summed E-state index contributed by atoms with van der Waals surface area (Å²) in [6, 6.07) is 6.03. The highest BCUT2D eigenvalue weighted by atomic mass is 19.1. The van der Waals surface area contributed by atoms with E-state index in [9.17, 15) is 9.18 Å². The van der Waals surface area contributed by atoms with E-state index < -0.39 is 5.82 Å². The van der Waals surface area contributed by atoms with Gasteiger partial charge in [0.05, 0.1) is 11.8 Å². The minimum absolute atomic E-state index is 0.0310. The van der Waals surface area contributed by atoms with Gasteiger partial charge in [0.2, 0.25) is 0 Å². The lowest BCUT2D eigenvalue weighted by Crippen LogP contribution is -2.65. The van der Waals surface area contributed by atoms with Crippen LogP contribution in [0.5, 0.6) is 17.2 Å². The van der Waals surface area contributed by atoms with E-state index >= 15 is 0 Å². The Morgan fingerprint density at radius 3 is 2.70 bits per heavy atom. The first-order chi connectivity index (χ1) is 20.8.